The highest BCUT2D eigenvalue weighted by molar-refractivity contribution is 9.10. The summed E-state index contributed by atoms with van der Waals surface area (Å²) in [6.07, 6.45) is 1.35. The van der Waals surface area contributed by atoms with Crippen molar-refractivity contribution in [1.29, 1.82) is 0 Å². The molecule has 1 heterocycles. The second kappa shape index (κ2) is 8.30. The van der Waals surface area contributed by atoms with E-state index in [0.29, 0.717) is 15.8 Å². The van der Waals surface area contributed by atoms with E-state index in [4.69, 9.17) is 13.9 Å². The maximum Gasteiger partial charge on any atom is 0.325 e. The third kappa shape index (κ3) is 4.69. The zero-order valence-electron chi connectivity index (χ0n) is 12.7. The molecular formula is C16H14BrNO6. The number of amides is 1. The van der Waals surface area contributed by atoms with E-state index >= 15 is 0 Å². The third-order valence-corrected chi connectivity index (χ3v) is 3.60. The molecule has 0 fully saturated rings. The molecule has 1 aromatic carbocycles. The first kappa shape index (κ1) is 17.7. The number of methoxy groups -OCH3 is 1. The van der Waals surface area contributed by atoms with Crippen molar-refractivity contribution >= 4 is 33.6 Å². The number of rotatable bonds is 7. The van der Waals surface area contributed by atoms with Crippen LogP contribution in [0.2, 0.25) is 0 Å². The third-order valence-electron chi connectivity index (χ3n) is 2.98. The topological polar surface area (TPSA) is 94.8 Å². The van der Waals surface area contributed by atoms with Gasteiger partial charge in [0.05, 0.1) is 17.8 Å². The fourth-order valence-electron chi connectivity index (χ4n) is 1.77. The quantitative estimate of drug-likeness (QED) is 0.570. The van der Waals surface area contributed by atoms with Gasteiger partial charge in [-0.15, -0.1) is 0 Å². The first-order valence-electron chi connectivity index (χ1n) is 6.85. The van der Waals surface area contributed by atoms with E-state index in [9.17, 15) is 14.4 Å². The molecule has 0 atom stereocenters. The number of carbonyl (C=O) groups excluding carboxylic acids is 3. The summed E-state index contributed by atoms with van der Waals surface area (Å²) in [5.41, 5.74) is 0.370. The van der Waals surface area contributed by atoms with Crippen molar-refractivity contribution in [2.75, 3.05) is 20.3 Å². The Hall–Kier alpha value is -2.61. The van der Waals surface area contributed by atoms with Crippen LogP contribution in [0, 0.1) is 0 Å². The Labute approximate surface area is 146 Å². The number of hydrogen-bond donors (Lipinski definition) is 1. The first-order valence-corrected chi connectivity index (χ1v) is 7.64. The number of hydrogen-bond acceptors (Lipinski definition) is 6. The largest absolute Gasteiger partial charge is 0.496 e. The van der Waals surface area contributed by atoms with Crippen LogP contribution in [0.5, 0.6) is 5.75 Å². The maximum absolute atomic E-state index is 12.0. The zero-order chi connectivity index (χ0) is 17.5. The van der Waals surface area contributed by atoms with Gasteiger partial charge in [0.25, 0.3) is 5.91 Å². The van der Waals surface area contributed by atoms with Crippen molar-refractivity contribution in [1.82, 2.24) is 5.32 Å². The van der Waals surface area contributed by atoms with Crippen molar-refractivity contribution in [2.24, 2.45) is 0 Å². The van der Waals surface area contributed by atoms with Gasteiger partial charge in [-0.1, -0.05) is 0 Å². The minimum atomic E-state index is -0.726. The molecule has 1 N–H and O–H groups in total. The number of ether oxygens (including phenoxy) is 2. The Morgan fingerprint density at radius 2 is 2.04 bits per heavy atom. The van der Waals surface area contributed by atoms with E-state index in [1.54, 1.807) is 24.3 Å². The molecule has 1 amide bonds. The molecule has 0 saturated heterocycles. The maximum atomic E-state index is 12.0. The van der Waals surface area contributed by atoms with E-state index < -0.39 is 18.5 Å². The lowest BCUT2D eigenvalue weighted by atomic mass is 10.1. The molecule has 0 aliphatic heterocycles. The molecule has 1 aromatic heterocycles. The summed E-state index contributed by atoms with van der Waals surface area (Å²) < 4.78 is 15.4. The lowest BCUT2D eigenvalue weighted by Crippen LogP contribution is -2.31. The van der Waals surface area contributed by atoms with E-state index in [1.807, 2.05) is 0 Å². The number of nitrogens with one attached hydrogen (secondary N) is 1. The molecule has 0 spiro atoms. The SMILES string of the molecule is COc1ccc(C(=O)COC(=O)CNC(=O)c2ccco2)cc1Br. The lowest BCUT2D eigenvalue weighted by Gasteiger charge is -2.07. The summed E-state index contributed by atoms with van der Waals surface area (Å²) in [6.45, 7) is -0.784. The summed E-state index contributed by atoms with van der Waals surface area (Å²) >= 11 is 3.27. The second-order valence-electron chi connectivity index (χ2n) is 4.59. The van der Waals surface area contributed by atoms with Gasteiger partial charge in [0, 0.05) is 5.56 Å². The van der Waals surface area contributed by atoms with Crippen molar-refractivity contribution in [3.05, 3.63) is 52.4 Å². The van der Waals surface area contributed by atoms with Crippen LogP contribution < -0.4 is 10.1 Å². The minimum absolute atomic E-state index is 0.0851. The average molecular weight is 396 g/mol. The van der Waals surface area contributed by atoms with Crippen molar-refractivity contribution in [3.8, 4) is 5.75 Å². The van der Waals surface area contributed by atoms with Gasteiger partial charge in [0.1, 0.15) is 12.3 Å². The number of furan rings is 1. The fourth-order valence-corrected chi connectivity index (χ4v) is 2.31. The molecule has 0 saturated carbocycles. The molecule has 7 nitrogen and oxygen atoms in total. The number of benzene rings is 1. The summed E-state index contributed by atoms with van der Waals surface area (Å²) in [4.78, 5) is 35.1. The van der Waals surface area contributed by atoms with Crippen LogP contribution in [-0.2, 0) is 9.53 Å². The normalized spacial score (nSPS) is 10.1. The predicted molar refractivity (Wildman–Crippen MR) is 87.0 cm³/mol. The first-order chi connectivity index (χ1) is 11.5. The molecule has 8 heteroatoms. The number of halogens is 1. The molecule has 0 aliphatic carbocycles. The van der Waals surface area contributed by atoms with Crippen molar-refractivity contribution in [2.45, 2.75) is 0 Å². The molecule has 2 aromatic rings. The van der Waals surface area contributed by atoms with Gasteiger partial charge in [0.15, 0.2) is 18.2 Å². The van der Waals surface area contributed by atoms with E-state index in [1.165, 1.54) is 19.4 Å². The summed E-state index contributed by atoms with van der Waals surface area (Å²) in [7, 11) is 1.51. The summed E-state index contributed by atoms with van der Waals surface area (Å²) in [6, 6.07) is 7.79. The number of esters is 1. The van der Waals surface area contributed by atoms with Crippen LogP contribution in [-0.4, -0.2) is 37.9 Å². The fraction of sp³-hybridized carbons (Fsp3) is 0.188. The molecule has 24 heavy (non-hydrogen) atoms. The van der Waals surface area contributed by atoms with Gasteiger partial charge in [-0.05, 0) is 46.3 Å². The predicted octanol–water partition coefficient (Wildman–Crippen LogP) is 2.21. The van der Waals surface area contributed by atoms with Crippen LogP contribution in [0.15, 0.2) is 45.5 Å². The lowest BCUT2D eigenvalue weighted by molar-refractivity contribution is -0.141. The van der Waals surface area contributed by atoms with Crippen molar-refractivity contribution in [3.63, 3.8) is 0 Å². The molecule has 126 valence electrons. The van der Waals surface area contributed by atoms with Crippen LogP contribution in [0.25, 0.3) is 0 Å². The Morgan fingerprint density at radius 1 is 1.25 bits per heavy atom. The molecule has 0 unspecified atom stereocenters. The molecule has 0 aliphatic rings. The second-order valence-corrected chi connectivity index (χ2v) is 5.45. The Kier molecular flexibility index (Phi) is 6.14. The van der Waals surface area contributed by atoms with Crippen molar-refractivity contribution < 1.29 is 28.3 Å². The zero-order valence-corrected chi connectivity index (χ0v) is 14.3. The molecule has 0 radical (unpaired) electrons. The minimum Gasteiger partial charge on any atom is -0.496 e. The van der Waals surface area contributed by atoms with Crippen LogP contribution in [0.3, 0.4) is 0 Å². The molecule has 2 rings (SSSR count). The van der Waals surface area contributed by atoms with Gasteiger partial charge >= 0.3 is 5.97 Å². The van der Waals surface area contributed by atoms with Gasteiger partial charge in [-0.2, -0.15) is 0 Å². The van der Waals surface area contributed by atoms with E-state index in [0.717, 1.165) is 0 Å². The van der Waals surface area contributed by atoms with Gasteiger partial charge in [-0.3, -0.25) is 14.4 Å². The average Bonchev–Trinajstić information content (AvgIpc) is 3.12. The Bertz CT molecular complexity index is 741. The summed E-state index contributed by atoms with van der Waals surface area (Å²) in [5.74, 6) is -0.964. The highest BCUT2D eigenvalue weighted by atomic mass is 79.9. The monoisotopic (exact) mass is 395 g/mol. The van der Waals surface area contributed by atoms with Crippen LogP contribution in [0.4, 0.5) is 0 Å². The number of Topliss-reactive ketones (excluding diaryl/α,β-unsaturated/α-hetero) is 1. The summed E-state index contributed by atoms with van der Waals surface area (Å²) in [5, 5.41) is 2.33. The van der Waals surface area contributed by atoms with Crippen LogP contribution >= 0.6 is 15.9 Å². The number of carbonyl (C=O) groups is 3. The smallest absolute Gasteiger partial charge is 0.325 e. The number of ketones is 1. The molecular weight excluding hydrogens is 382 g/mol. The highest BCUT2D eigenvalue weighted by Crippen LogP contribution is 2.25. The Balaban J connectivity index is 1.80. The van der Waals surface area contributed by atoms with E-state index in [-0.39, 0.29) is 18.1 Å². The highest BCUT2D eigenvalue weighted by Gasteiger charge is 2.14. The van der Waals surface area contributed by atoms with E-state index in [2.05, 4.69) is 21.2 Å². The standard InChI is InChI=1S/C16H14BrNO6/c1-22-13-5-4-10(7-11(13)17)12(19)9-24-15(20)8-18-16(21)14-3-2-6-23-14/h2-7H,8-9H2,1H3,(H,18,21). The van der Waals surface area contributed by atoms with Gasteiger partial charge in [-0.25, -0.2) is 0 Å². The van der Waals surface area contributed by atoms with Gasteiger partial charge in [0.2, 0.25) is 0 Å². The Morgan fingerprint density at radius 3 is 2.67 bits per heavy atom. The molecule has 0 bridgehead atoms. The van der Waals surface area contributed by atoms with Crippen LogP contribution in [0.1, 0.15) is 20.9 Å². The van der Waals surface area contributed by atoms with Gasteiger partial charge < -0.3 is 19.2 Å².